The number of halogens is 5. The highest BCUT2D eigenvalue weighted by Crippen LogP contribution is 2.38. The predicted octanol–water partition coefficient (Wildman–Crippen LogP) is 4.06. The average Bonchev–Trinajstić information content (AvgIpc) is 2.29. The molecule has 0 aliphatic rings. The fraction of sp³-hybridized carbons (Fsp3) is 0.417. The summed E-state index contributed by atoms with van der Waals surface area (Å²) in [5, 5.41) is 0. The van der Waals surface area contributed by atoms with Crippen molar-refractivity contribution in [3.8, 4) is 0 Å². The first-order chi connectivity index (χ1) is 8.77. The molecule has 0 heterocycles. The maximum atomic E-state index is 13.0. The van der Waals surface area contributed by atoms with E-state index in [1.807, 2.05) is 0 Å². The van der Waals surface area contributed by atoms with Gasteiger partial charge in [-0.1, -0.05) is 22.0 Å². The smallest absolute Gasteiger partial charge is 0.369 e. The Morgan fingerprint density at radius 1 is 1.42 bits per heavy atom. The van der Waals surface area contributed by atoms with Crippen molar-refractivity contribution in [1.82, 2.24) is 0 Å². The number of nitrogens with two attached hydrogens (primary N) is 1. The van der Waals surface area contributed by atoms with Crippen molar-refractivity contribution in [2.24, 2.45) is 5.73 Å². The Bertz CT molecular complexity index is 465. The van der Waals surface area contributed by atoms with Gasteiger partial charge in [-0.3, -0.25) is 4.79 Å². The monoisotopic (exact) mass is 357 g/mol. The summed E-state index contributed by atoms with van der Waals surface area (Å²) in [6.07, 6.45) is -3.92. The summed E-state index contributed by atoms with van der Waals surface area (Å²) in [5.74, 6) is -1.50. The molecule has 0 saturated carbocycles. The molecule has 0 saturated heterocycles. The largest absolute Gasteiger partial charge is 0.416 e. The molecule has 1 aromatic rings. The molecule has 2 nitrogen and oxygen atoms in total. The Kier molecular flexibility index (Phi) is 5.67. The molecule has 1 aromatic carbocycles. The van der Waals surface area contributed by atoms with Crippen molar-refractivity contribution in [3.05, 3.63) is 33.8 Å². The van der Waals surface area contributed by atoms with E-state index in [2.05, 4.69) is 15.9 Å². The first kappa shape index (κ1) is 16.3. The Morgan fingerprint density at radius 2 is 2.05 bits per heavy atom. The number of alkyl halides is 4. The molecular formula is C12H12BrClF3NO. The predicted molar refractivity (Wildman–Crippen MR) is 71.0 cm³/mol. The third-order valence-corrected chi connectivity index (χ3v) is 3.43. The van der Waals surface area contributed by atoms with Gasteiger partial charge in [-0.2, -0.15) is 13.2 Å². The van der Waals surface area contributed by atoms with Crippen LogP contribution >= 0.6 is 27.5 Å². The lowest BCUT2D eigenvalue weighted by molar-refractivity contribution is -0.138. The van der Waals surface area contributed by atoms with Crippen LogP contribution < -0.4 is 5.73 Å². The van der Waals surface area contributed by atoms with Gasteiger partial charge < -0.3 is 5.73 Å². The van der Waals surface area contributed by atoms with Gasteiger partial charge in [0.25, 0.3) is 0 Å². The number of rotatable bonds is 5. The normalized spacial score (nSPS) is 13.3. The SMILES string of the molecule is NC(=O)C(CCCCl)c1ccc(Br)cc1C(F)(F)F. The molecule has 0 bridgehead atoms. The summed E-state index contributed by atoms with van der Waals surface area (Å²) >= 11 is 8.50. The van der Waals surface area contributed by atoms with Gasteiger partial charge in [0.1, 0.15) is 0 Å². The molecule has 0 radical (unpaired) electrons. The highest BCUT2D eigenvalue weighted by molar-refractivity contribution is 9.10. The van der Waals surface area contributed by atoms with E-state index >= 15 is 0 Å². The van der Waals surface area contributed by atoms with E-state index in [0.29, 0.717) is 10.9 Å². The standard InChI is InChI=1S/C12H12BrClF3NO/c13-7-3-4-8(10(6-7)12(15,16)17)9(11(18)19)2-1-5-14/h3-4,6,9H,1-2,5H2,(H2,18,19). The van der Waals surface area contributed by atoms with Gasteiger partial charge in [0, 0.05) is 10.4 Å². The summed E-state index contributed by atoms with van der Waals surface area (Å²) in [6, 6.07) is 3.68. The van der Waals surface area contributed by atoms with Crippen LogP contribution in [0.3, 0.4) is 0 Å². The fourth-order valence-electron chi connectivity index (χ4n) is 1.81. The van der Waals surface area contributed by atoms with E-state index < -0.39 is 23.6 Å². The van der Waals surface area contributed by atoms with Crippen LogP contribution in [0.5, 0.6) is 0 Å². The van der Waals surface area contributed by atoms with Gasteiger partial charge in [0.15, 0.2) is 0 Å². The summed E-state index contributed by atoms with van der Waals surface area (Å²) in [4.78, 5) is 11.4. The zero-order valence-corrected chi connectivity index (χ0v) is 12.1. The summed E-state index contributed by atoms with van der Waals surface area (Å²) < 4.78 is 39.2. The van der Waals surface area contributed by atoms with Gasteiger partial charge in [0.2, 0.25) is 5.91 Å². The minimum absolute atomic E-state index is 0.103. The average molecular weight is 359 g/mol. The molecule has 0 aromatic heterocycles. The van der Waals surface area contributed by atoms with Gasteiger partial charge in [-0.25, -0.2) is 0 Å². The lowest BCUT2D eigenvalue weighted by Gasteiger charge is -2.19. The number of benzene rings is 1. The van der Waals surface area contributed by atoms with E-state index in [4.69, 9.17) is 17.3 Å². The maximum absolute atomic E-state index is 13.0. The molecule has 106 valence electrons. The number of amides is 1. The van der Waals surface area contributed by atoms with Crippen molar-refractivity contribution < 1.29 is 18.0 Å². The second-order valence-corrected chi connectivity index (χ2v) is 5.31. The second kappa shape index (κ2) is 6.61. The van der Waals surface area contributed by atoms with Crippen molar-refractivity contribution >= 4 is 33.4 Å². The topological polar surface area (TPSA) is 43.1 Å². The quantitative estimate of drug-likeness (QED) is 0.793. The number of hydrogen-bond donors (Lipinski definition) is 1. The molecule has 1 atom stereocenters. The third-order valence-electron chi connectivity index (χ3n) is 2.67. The number of carbonyl (C=O) groups excluding carboxylic acids is 1. The van der Waals surface area contributed by atoms with Crippen molar-refractivity contribution in [1.29, 1.82) is 0 Å². The molecule has 19 heavy (non-hydrogen) atoms. The van der Waals surface area contributed by atoms with E-state index in [1.54, 1.807) is 0 Å². The molecule has 1 amide bonds. The molecule has 0 fully saturated rings. The van der Waals surface area contributed by atoms with Crippen LogP contribution in [0.4, 0.5) is 13.2 Å². The van der Waals surface area contributed by atoms with Crippen LogP contribution in [0.25, 0.3) is 0 Å². The van der Waals surface area contributed by atoms with Crippen molar-refractivity contribution in [3.63, 3.8) is 0 Å². The van der Waals surface area contributed by atoms with Crippen LogP contribution in [0.15, 0.2) is 22.7 Å². The molecule has 0 aliphatic carbocycles. The van der Waals surface area contributed by atoms with Gasteiger partial charge in [0.05, 0.1) is 11.5 Å². The van der Waals surface area contributed by atoms with Crippen LogP contribution in [-0.4, -0.2) is 11.8 Å². The highest BCUT2D eigenvalue weighted by atomic mass is 79.9. The van der Waals surface area contributed by atoms with Crippen LogP contribution in [-0.2, 0) is 11.0 Å². The molecule has 0 aliphatic heterocycles. The Labute approximate surface area is 122 Å². The molecule has 1 unspecified atom stereocenters. The van der Waals surface area contributed by atoms with Gasteiger partial charge in [-0.15, -0.1) is 11.6 Å². The third kappa shape index (κ3) is 4.38. The summed E-state index contributed by atoms with van der Waals surface area (Å²) in [7, 11) is 0. The molecule has 7 heteroatoms. The summed E-state index contributed by atoms with van der Waals surface area (Å²) in [6.45, 7) is 0. The van der Waals surface area contributed by atoms with Crippen LogP contribution in [0.2, 0.25) is 0 Å². The fourth-order valence-corrected chi connectivity index (χ4v) is 2.33. The number of hydrogen-bond acceptors (Lipinski definition) is 1. The Hall–Kier alpha value is -0.750. The maximum Gasteiger partial charge on any atom is 0.416 e. The first-order valence-corrected chi connectivity index (χ1v) is 6.82. The van der Waals surface area contributed by atoms with E-state index in [1.165, 1.54) is 12.1 Å². The Balaban J connectivity index is 3.26. The van der Waals surface area contributed by atoms with Gasteiger partial charge in [-0.05, 0) is 30.5 Å². The minimum Gasteiger partial charge on any atom is -0.369 e. The van der Waals surface area contributed by atoms with Gasteiger partial charge >= 0.3 is 6.18 Å². The lowest BCUT2D eigenvalue weighted by atomic mass is 9.90. The molecular weight excluding hydrogens is 346 g/mol. The summed E-state index contributed by atoms with van der Waals surface area (Å²) in [5.41, 5.74) is 4.25. The lowest BCUT2D eigenvalue weighted by Crippen LogP contribution is -2.24. The van der Waals surface area contributed by atoms with Crippen molar-refractivity contribution in [2.45, 2.75) is 24.9 Å². The first-order valence-electron chi connectivity index (χ1n) is 5.49. The van der Waals surface area contributed by atoms with E-state index in [0.717, 1.165) is 6.07 Å². The molecule has 1 rings (SSSR count). The zero-order chi connectivity index (χ0) is 14.6. The number of carbonyl (C=O) groups is 1. The minimum atomic E-state index is -4.53. The van der Waals surface area contributed by atoms with E-state index in [9.17, 15) is 18.0 Å². The zero-order valence-electron chi connectivity index (χ0n) is 9.81. The van der Waals surface area contributed by atoms with Crippen LogP contribution in [0.1, 0.15) is 29.9 Å². The molecule has 2 N–H and O–H groups in total. The number of primary amides is 1. The Morgan fingerprint density at radius 3 is 2.53 bits per heavy atom. The van der Waals surface area contributed by atoms with E-state index in [-0.39, 0.29) is 17.9 Å². The molecule has 0 spiro atoms. The van der Waals surface area contributed by atoms with Crippen molar-refractivity contribution in [2.75, 3.05) is 5.88 Å². The second-order valence-electron chi connectivity index (χ2n) is 4.02. The van der Waals surface area contributed by atoms with Crippen LogP contribution in [0, 0.1) is 0 Å². The highest BCUT2D eigenvalue weighted by Gasteiger charge is 2.36.